The Bertz CT molecular complexity index is 1300. The van der Waals surface area contributed by atoms with Crippen molar-refractivity contribution in [1.82, 2.24) is 4.57 Å². The summed E-state index contributed by atoms with van der Waals surface area (Å²) in [6, 6.07) is 19.2. The lowest BCUT2D eigenvalue weighted by molar-refractivity contribution is -0.117. The van der Waals surface area contributed by atoms with Crippen molar-refractivity contribution in [2.24, 2.45) is 0 Å². The van der Waals surface area contributed by atoms with Gasteiger partial charge in [0.1, 0.15) is 6.54 Å². The van der Waals surface area contributed by atoms with E-state index < -0.39 is 0 Å². The molecule has 1 heterocycles. The molecule has 2 amide bonds. The molecule has 0 aliphatic carbocycles. The van der Waals surface area contributed by atoms with E-state index in [-0.39, 0.29) is 23.8 Å². The number of pyridine rings is 1. The van der Waals surface area contributed by atoms with Crippen molar-refractivity contribution in [2.75, 3.05) is 10.6 Å². The second-order valence-electron chi connectivity index (χ2n) is 6.87. The third-order valence-electron chi connectivity index (χ3n) is 4.75. The normalized spacial score (nSPS) is 10.9. The van der Waals surface area contributed by atoms with Crippen LogP contribution in [-0.2, 0) is 16.1 Å². The first-order chi connectivity index (χ1) is 14.4. The van der Waals surface area contributed by atoms with Gasteiger partial charge in [0, 0.05) is 22.7 Å². The first-order valence-electron chi connectivity index (χ1n) is 9.31. The number of carbonyl (C=O) groups is 2. The van der Waals surface area contributed by atoms with Crippen molar-refractivity contribution in [2.45, 2.75) is 13.5 Å². The third-order valence-corrected chi connectivity index (χ3v) is 4.98. The number of anilines is 2. The lowest BCUT2D eigenvalue weighted by Gasteiger charge is -2.16. The molecule has 7 heteroatoms. The van der Waals surface area contributed by atoms with Crippen LogP contribution in [0.2, 0.25) is 5.02 Å². The summed E-state index contributed by atoms with van der Waals surface area (Å²) < 4.78 is 1.81. The van der Waals surface area contributed by atoms with E-state index in [0.29, 0.717) is 38.2 Å². The molecule has 0 unspecified atom stereocenters. The number of aromatic nitrogens is 1. The van der Waals surface area contributed by atoms with Gasteiger partial charge in [0.15, 0.2) is 5.43 Å². The molecule has 0 spiro atoms. The maximum absolute atomic E-state index is 12.9. The van der Waals surface area contributed by atoms with E-state index in [4.69, 9.17) is 11.6 Å². The summed E-state index contributed by atoms with van der Waals surface area (Å²) in [6.45, 7) is 1.37. The summed E-state index contributed by atoms with van der Waals surface area (Å²) in [6.07, 6.45) is 0. The summed E-state index contributed by atoms with van der Waals surface area (Å²) in [5.41, 5.74) is 2.13. The Kier molecular flexibility index (Phi) is 5.25. The van der Waals surface area contributed by atoms with Crippen molar-refractivity contribution in [3.8, 4) is 0 Å². The summed E-state index contributed by atoms with van der Waals surface area (Å²) in [4.78, 5) is 37.2. The second-order valence-corrected chi connectivity index (χ2v) is 7.31. The Morgan fingerprint density at radius 3 is 2.07 bits per heavy atom. The van der Waals surface area contributed by atoms with Crippen LogP contribution in [-0.4, -0.2) is 16.4 Å². The van der Waals surface area contributed by atoms with Crippen molar-refractivity contribution in [3.05, 3.63) is 82.0 Å². The van der Waals surface area contributed by atoms with Crippen LogP contribution in [0.25, 0.3) is 21.8 Å². The lowest BCUT2D eigenvalue weighted by Crippen LogP contribution is -2.22. The van der Waals surface area contributed by atoms with Crippen molar-refractivity contribution in [1.29, 1.82) is 0 Å². The summed E-state index contributed by atoms with van der Waals surface area (Å²) in [5.74, 6) is -0.576. The number of para-hydroxylation sites is 2. The van der Waals surface area contributed by atoms with Crippen molar-refractivity contribution >= 4 is 56.6 Å². The molecule has 4 aromatic rings. The van der Waals surface area contributed by atoms with E-state index in [1.165, 1.54) is 6.92 Å². The molecule has 0 aliphatic heterocycles. The predicted molar refractivity (Wildman–Crippen MR) is 120 cm³/mol. The van der Waals surface area contributed by atoms with E-state index in [9.17, 15) is 14.4 Å². The Balaban J connectivity index is 1.76. The maximum atomic E-state index is 12.9. The molecule has 0 saturated heterocycles. The fraction of sp³-hybridized carbons (Fsp3) is 0.0870. The van der Waals surface area contributed by atoms with Gasteiger partial charge in [-0.1, -0.05) is 35.9 Å². The molecule has 0 bridgehead atoms. The van der Waals surface area contributed by atoms with Gasteiger partial charge in [-0.3, -0.25) is 14.4 Å². The molecular formula is C23H18ClN3O3. The number of carbonyl (C=O) groups excluding carboxylic acids is 2. The zero-order chi connectivity index (χ0) is 21.3. The van der Waals surface area contributed by atoms with Crippen molar-refractivity contribution < 1.29 is 9.59 Å². The summed E-state index contributed by atoms with van der Waals surface area (Å²) >= 11 is 6.07. The molecule has 0 saturated carbocycles. The number of nitrogens with one attached hydrogen (secondary N) is 2. The molecule has 3 aromatic carbocycles. The molecule has 1 aromatic heterocycles. The fourth-order valence-electron chi connectivity index (χ4n) is 3.50. The molecule has 6 nitrogen and oxygen atoms in total. The van der Waals surface area contributed by atoms with Crippen LogP contribution in [0.3, 0.4) is 0 Å². The predicted octanol–water partition coefficient (Wildman–Crippen LogP) is 4.41. The van der Waals surface area contributed by atoms with Crippen LogP contribution in [0.15, 0.2) is 71.5 Å². The molecule has 30 heavy (non-hydrogen) atoms. The topological polar surface area (TPSA) is 80.2 Å². The molecule has 0 atom stereocenters. The van der Waals surface area contributed by atoms with Gasteiger partial charge >= 0.3 is 0 Å². The number of benzene rings is 3. The fourth-order valence-corrected chi connectivity index (χ4v) is 3.67. The molecule has 4 rings (SSSR count). The Morgan fingerprint density at radius 1 is 0.867 bits per heavy atom. The maximum Gasteiger partial charge on any atom is 0.244 e. The van der Waals surface area contributed by atoms with E-state index in [1.54, 1.807) is 42.5 Å². The van der Waals surface area contributed by atoms with Crippen LogP contribution < -0.4 is 16.1 Å². The third kappa shape index (κ3) is 3.77. The van der Waals surface area contributed by atoms with E-state index in [1.807, 2.05) is 28.8 Å². The molecule has 0 fully saturated rings. The van der Waals surface area contributed by atoms with Gasteiger partial charge in [-0.25, -0.2) is 0 Å². The number of hydrogen-bond donors (Lipinski definition) is 2. The highest BCUT2D eigenvalue weighted by atomic mass is 35.5. The van der Waals surface area contributed by atoms with Crippen LogP contribution in [0, 0.1) is 0 Å². The van der Waals surface area contributed by atoms with Crippen LogP contribution >= 0.6 is 11.6 Å². The minimum atomic E-state index is -0.317. The lowest BCUT2D eigenvalue weighted by atomic mass is 10.1. The summed E-state index contributed by atoms with van der Waals surface area (Å²) in [5, 5.41) is 7.01. The van der Waals surface area contributed by atoms with Gasteiger partial charge in [0.25, 0.3) is 0 Å². The molecule has 0 radical (unpaired) electrons. The smallest absolute Gasteiger partial charge is 0.244 e. The van der Waals surface area contributed by atoms with Crippen LogP contribution in [0.4, 0.5) is 11.4 Å². The highest BCUT2D eigenvalue weighted by Gasteiger charge is 2.14. The first-order valence-corrected chi connectivity index (χ1v) is 9.69. The Morgan fingerprint density at radius 2 is 1.47 bits per heavy atom. The standard InChI is InChI=1S/C23H18ClN3O3/c1-14(28)25-18-11-10-15(24)12-19(18)26-22(29)13-27-20-8-4-2-6-16(20)23(30)17-7-3-5-9-21(17)27/h2-12H,13H2,1H3,(H,25,28)(H,26,29). The monoisotopic (exact) mass is 419 g/mol. The van der Waals surface area contributed by atoms with E-state index >= 15 is 0 Å². The van der Waals surface area contributed by atoms with Gasteiger partial charge in [-0.15, -0.1) is 0 Å². The zero-order valence-electron chi connectivity index (χ0n) is 16.1. The van der Waals surface area contributed by atoms with Crippen LogP contribution in [0.5, 0.6) is 0 Å². The van der Waals surface area contributed by atoms with Crippen molar-refractivity contribution in [3.63, 3.8) is 0 Å². The number of nitrogens with zero attached hydrogens (tertiary/aromatic N) is 1. The molecule has 150 valence electrons. The minimum absolute atomic E-state index is 0.0205. The average Bonchev–Trinajstić information content (AvgIpc) is 2.73. The second kappa shape index (κ2) is 8.00. The first kappa shape index (κ1) is 19.7. The van der Waals surface area contributed by atoms with Gasteiger partial charge in [0.05, 0.1) is 22.4 Å². The molecule has 0 aliphatic rings. The number of amides is 2. The summed E-state index contributed by atoms with van der Waals surface area (Å²) in [7, 11) is 0. The minimum Gasteiger partial charge on any atom is -0.331 e. The molecular weight excluding hydrogens is 402 g/mol. The number of fused-ring (bicyclic) bond motifs is 2. The largest absolute Gasteiger partial charge is 0.331 e. The van der Waals surface area contributed by atoms with Gasteiger partial charge in [-0.2, -0.15) is 0 Å². The quantitative estimate of drug-likeness (QED) is 0.481. The zero-order valence-corrected chi connectivity index (χ0v) is 16.9. The van der Waals surface area contributed by atoms with Crippen LogP contribution in [0.1, 0.15) is 6.92 Å². The van der Waals surface area contributed by atoms with E-state index in [0.717, 1.165) is 0 Å². The van der Waals surface area contributed by atoms with Gasteiger partial charge in [-0.05, 0) is 42.5 Å². The number of rotatable bonds is 4. The SMILES string of the molecule is CC(=O)Nc1ccc(Cl)cc1NC(=O)Cn1c2ccccc2c(=O)c2ccccc21. The van der Waals surface area contributed by atoms with Gasteiger partial charge in [0.2, 0.25) is 11.8 Å². The highest BCUT2D eigenvalue weighted by Crippen LogP contribution is 2.26. The number of hydrogen-bond acceptors (Lipinski definition) is 3. The Labute approximate surface area is 177 Å². The van der Waals surface area contributed by atoms with Gasteiger partial charge < -0.3 is 15.2 Å². The highest BCUT2D eigenvalue weighted by molar-refractivity contribution is 6.31. The van der Waals surface area contributed by atoms with E-state index in [2.05, 4.69) is 10.6 Å². The molecule has 2 N–H and O–H groups in total. The average molecular weight is 420 g/mol. The Hall–Kier alpha value is -3.64. The number of halogens is 1.